The van der Waals surface area contributed by atoms with Crippen molar-refractivity contribution in [3.05, 3.63) is 0 Å². The maximum atomic E-state index is 8.49. The predicted octanol–water partition coefficient (Wildman–Crippen LogP) is 0.0821. The summed E-state index contributed by atoms with van der Waals surface area (Å²) in [5, 5.41) is 16.6. The molecule has 1 unspecified atom stereocenters. The molecule has 0 aliphatic carbocycles. The summed E-state index contributed by atoms with van der Waals surface area (Å²) in [6.45, 7) is 1.21. The summed E-state index contributed by atoms with van der Waals surface area (Å²) in [6, 6.07) is 0. The van der Waals surface area contributed by atoms with Gasteiger partial charge in [-0.2, -0.15) is 0 Å². The molecule has 0 heterocycles. The Labute approximate surface area is 44.9 Å². The van der Waals surface area contributed by atoms with Gasteiger partial charge >= 0.3 is 0 Å². The Bertz CT molecular complexity index is 38.5. The minimum absolute atomic E-state index is 0.257. The predicted molar refractivity (Wildman–Crippen MR) is 26.6 cm³/mol. The fourth-order valence-electron chi connectivity index (χ4n) is 0. The quantitative estimate of drug-likeness (QED) is 0.526. The van der Waals surface area contributed by atoms with Gasteiger partial charge in [-0.15, -0.1) is 0 Å². The molecular weight excluding hydrogens is 148 g/mol. The molecule has 0 fully saturated rings. The Morgan fingerprint density at radius 1 is 1.83 bits per heavy atom. The SMILES string of the molecule is CC(O)(Br)CO. The van der Waals surface area contributed by atoms with Crippen LogP contribution in [0.1, 0.15) is 6.92 Å². The van der Waals surface area contributed by atoms with E-state index in [0.717, 1.165) is 0 Å². The lowest BCUT2D eigenvalue weighted by Crippen LogP contribution is -2.18. The number of aliphatic hydroxyl groups excluding tert-OH is 1. The average molecular weight is 155 g/mol. The van der Waals surface area contributed by atoms with Gasteiger partial charge in [0.05, 0.1) is 6.61 Å². The molecule has 0 saturated carbocycles. The second-order valence-electron chi connectivity index (χ2n) is 1.30. The maximum absolute atomic E-state index is 8.49. The normalized spacial score (nSPS) is 20.0. The fraction of sp³-hybridized carbons (Fsp3) is 1.00. The van der Waals surface area contributed by atoms with Gasteiger partial charge < -0.3 is 10.2 Å². The number of alkyl halides is 1. The molecule has 0 saturated heterocycles. The van der Waals surface area contributed by atoms with E-state index in [1.54, 1.807) is 0 Å². The van der Waals surface area contributed by atoms with Gasteiger partial charge in [0.2, 0.25) is 0 Å². The van der Waals surface area contributed by atoms with Crippen molar-refractivity contribution in [1.82, 2.24) is 0 Å². The Morgan fingerprint density at radius 3 is 2.00 bits per heavy atom. The molecule has 0 aliphatic heterocycles. The van der Waals surface area contributed by atoms with Gasteiger partial charge in [0.25, 0.3) is 0 Å². The molecule has 0 aromatic rings. The Morgan fingerprint density at radius 2 is 2.00 bits per heavy atom. The van der Waals surface area contributed by atoms with Crippen LogP contribution in [0.15, 0.2) is 0 Å². The van der Waals surface area contributed by atoms with Crippen LogP contribution in [-0.4, -0.2) is 21.3 Å². The molecule has 0 aromatic heterocycles. The molecule has 0 aliphatic rings. The van der Waals surface area contributed by atoms with E-state index in [0.29, 0.717) is 0 Å². The summed E-state index contributed by atoms with van der Waals surface area (Å²) in [5.74, 6) is 0. The Hall–Kier alpha value is 0.400. The lowest BCUT2D eigenvalue weighted by molar-refractivity contribution is 0.0866. The van der Waals surface area contributed by atoms with Gasteiger partial charge in [0, 0.05) is 0 Å². The van der Waals surface area contributed by atoms with Crippen LogP contribution in [0, 0.1) is 0 Å². The zero-order chi connectivity index (χ0) is 5.21. The first-order chi connectivity index (χ1) is 2.56. The van der Waals surface area contributed by atoms with Gasteiger partial charge in [-0.05, 0) is 6.92 Å². The topological polar surface area (TPSA) is 40.5 Å². The zero-order valence-electron chi connectivity index (χ0n) is 3.48. The number of hydrogen-bond donors (Lipinski definition) is 2. The van der Waals surface area contributed by atoms with E-state index < -0.39 is 4.51 Å². The number of rotatable bonds is 1. The zero-order valence-corrected chi connectivity index (χ0v) is 5.07. The number of hydrogen-bond acceptors (Lipinski definition) is 2. The first-order valence-corrected chi connectivity index (χ1v) is 2.38. The first-order valence-electron chi connectivity index (χ1n) is 1.58. The molecule has 0 radical (unpaired) electrons. The van der Waals surface area contributed by atoms with E-state index in [1.807, 2.05) is 0 Å². The number of halogens is 1. The third kappa shape index (κ3) is 4.40. The van der Waals surface area contributed by atoms with E-state index >= 15 is 0 Å². The second-order valence-corrected chi connectivity index (χ2v) is 3.01. The highest BCUT2D eigenvalue weighted by Gasteiger charge is 2.10. The highest BCUT2D eigenvalue weighted by molar-refractivity contribution is 9.10. The van der Waals surface area contributed by atoms with Crippen molar-refractivity contribution in [2.24, 2.45) is 0 Å². The highest BCUT2D eigenvalue weighted by atomic mass is 79.9. The van der Waals surface area contributed by atoms with Crippen molar-refractivity contribution in [2.45, 2.75) is 11.4 Å². The van der Waals surface area contributed by atoms with Crippen LogP contribution in [0.3, 0.4) is 0 Å². The molecule has 6 heavy (non-hydrogen) atoms. The molecule has 0 rings (SSSR count). The van der Waals surface area contributed by atoms with Crippen molar-refractivity contribution >= 4 is 15.9 Å². The molecule has 0 spiro atoms. The molecule has 3 heteroatoms. The van der Waals surface area contributed by atoms with Crippen LogP contribution in [0.4, 0.5) is 0 Å². The highest BCUT2D eigenvalue weighted by Crippen LogP contribution is 2.08. The minimum Gasteiger partial charge on any atom is -0.392 e. The van der Waals surface area contributed by atoms with E-state index in [1.165, 1.54) is 6.92 Å². The summed E-state index contributed by atoms with van der Waals surface area (Å²) in [5.41, 5.74) is 0. The lowest BCUT2D eigenvalue weighted by Gasteiger charge is -2.07. The van der Waals surface area contributed by atoms with Crippen LogP contribution in [0.25, 0.3) is 0 Å². The summed E-state index contributed by atoms with van der Waals surface area (Å²) in [4.78, 5) is 0. The van der Waals surface area contributed by atoms with E-state index in [4.69, 9.17) is 10.2 Å². The van der Waals surface area contributed by atoms with E-state index in [2.05, 4.69) is 15.9 Å². The standard InChI is InChI=1S/C3H7BrO2/c1-3(4,6)2-5/h5-6H,2H2,1H3. The maximum Gasteiger partial charge on any atom is 0.139 e. The third-order valence-electron chi connectivity index (χ3n) is 0.289. The largest absolute Gasteiger partial charge is 0.392 e. The minimum atomic E-state index is -1.09. The monoisotopic (exact) mass is 154 g/mol. The molecule has 0 aromatic carbocycles. The van der Waals surface area contributed by atoms with Crippen LogP contribution < -0.4 is 0 Å². The van der Waals surface area contributed by atoms with Crippen molar-refractivity contribution in [1.29, 1.82) is 0 Å². The van der Waals surface area contributed by atoms with Crippen molar-refractivity contribution in [3.63, 3.8) is 0 Å². The fourth-order valence-corrected chi connectivity index (χ4v) is 0. The molecule has 2 N–H and O–H groups in total. The van der Waals surface area contributed by atoms with Gasteiger partial charge in [0.15, 0.2) is 0 Å². The number of aliphatic hydroxyl groups is 2. The van der Waals surface area contributed by atoms with Crippen molar-refractivity contribution in [2.75, 3.05) is 6.61 Å². The second kappa shape index (κ2) is 1.91. The molecule has 38 valence electrons. The average Bonchev–Trinajstić information content (AvgIpc) is 1.35. The van der Waals surface area contributed by atoms with Crippen LogP contribution in [-0.2, 0) is 0 Å². The van der Waals surface area contributed by atoms with E-state index in [9.17, 15) is 0 Å². The summed E-state index contributed by atoms with van der Waals surface area (Å²) >= 11 is 2.78. The van der Waals surface area contributed by atoms with Gasteiger partial charge in [-0.25, -0.2) is 0 Å². The summed E-state index contributed by atoms with van der Waals surface area (Å²) in [7, 11) is 0. The van der Waals surface area contributed by atoms with Crippen LogP contribution in [0.2, 0.25) is 0 Å². The van der Waals surface area contributed by atoms with Gasteiger partial charge in [0.1, 0.15) is 4.51 Å². The molecule has 1 atom stereocenters. The van der Waals surface area contributed by atoms with Gasteiger partial charge in [-0.1, -0.05) is 15.9 Å². The van der Waals surface area contributed by atoms with Crippen LogP contribution in [0.5, 0.6) is 0 Å². The lowest BCUT2D eigenvalue weighted by atomic mass is 10.5. The molecular formula is C3H7BrO2. The third-order valence-corrected chi connectivity index (χ3v) is 0.539. The van der Waals surface area contributed by atoms with Crippen molar-refractivity contribution < 1.29 is 10.2 Å². The molecule has 0 amide bonds. The molecule has 2 nitrogen and oxygen atoms in total. The first kappa shape index (κ1) is 6.40. The van der Waals surface area contributed by atoms with Gasteiger partial charge in [-0.3, -0.25) is 0 Å². The van der Waals surface area contributed by atoms with Crippen LogP contribution >= 0.6 is 15.9 Å². The summed E-state index contributed by atoms with van der Waals surface area (Å²) in [6.07, 6.45) is 0. The van der Waals surface area contributed by atoms with E-state index in [-0.39, 0.29) is 6.61 Å². The summed E-state index contributed by atoms with van der Waals surface area (Å²) < 4.78 is -1.09. The Balaban J connectivity index is 3.17. The molecule has 0 bridgehead atoms. The van der Waals surface area contributed by atoms with Crippen molar-refractivity contribution in [3.8, 4) is 0 Å². The smallest absolute Gasteiger partial charge is 0.139 e. The Kier molecular flexibility index (Phi) is 2.04.